The van der Waals surface area contributed by atoms with E-state index in [-0.39, 0.29) is 11.8 Å². The van der Waals surface area contributed by atoms with Gasteiger partial charge in [0.1, 0.15) is 11.8 Å². The molecule has 0 amide bonds. The van der Waals surface area contributed by atoms with Gasteiger partial charge in [-0.3, -0.25) is 4.79 Å². The zero-order valence-corrected chi connectivity index (χ0v) is 12.7. The third kappa shape index (κ3) is 2.96. The van der Waals surface area contributed by atoms with Gasteiger partial charge in [-0.15, -0.1) is 0 Å². The van der Waals surface area contributed by atoms with E-state index in [4.69, 9.17) is 9.47 Å². The predicted octanol–water partition coefficient (Wildman–Crippen LogP) is 1.16. The number of ketones is 1. The lowest BCUT2D eigenvalue weighted by atomic mass is 10.1. The molecule has 1 aromatic rings. The summed E-state index contributed by atoms with van der Waals surface area (Å²) in [6.45, 7) is 3.06. The van der Waals surface area contributed by atoms with Crippen molar-refractivity contribution in [2.24, 2.45) is 4.99 Å². The second-order valence-corrected chi connectivity index (χ2v) is 5.29. The monoisotopic (exact) mass is 301 g/mol. The number of nitrogens with one attached hydrogen (secondary N) is 2. The largest absolute Gasteiger partial charge is 0.497 e. The van der Waals surface area contributed by atoms with Crippen molar-refractivity contribution in [1.82, 2.24) is 10.6 Å². The van der Waals surface area contributed by atoms with E-state index in [1.165, 1.54) is 0 Å². The maximum Gasteiger partial charge on any atom is 0.153 e. The lowest BCUT2D eigenvalue weighted by Gasteiger charge is -2.32. The summed E-state index contributed by atoms with van der Waals surface area (Å²) in [5, 5.41) is 6.54. The Morgan fingerprint density at radius 1 is 1.32 bits per heavy atom. The van der Waals surface area contributed by atoms with Gasteiger partial charge >= 0.3 is 0 Å². The second kappa shape index (κ2) is 6.19. The molecule has 0 saturated heterocycles. The summed E-state index contributed by atoms with van der Waals surface area (Å²) in [6, 6.07) is 7.33. The zero-order valence-electron chi connectivity index (χ0n) is 12.7. The van der Waals surface area contributed by atoms with Crippen LogP contribution in [-0.2, 0) is 9.53 Å². The summed E-state index contributed by atoms with van der Waals surface area (Å²) in [5.74, 6) is 0.906. The molecule has 0 bridgehead atoms. The second-order valence-electron chi connectivity index (χ2n) is 5.29. The SMILES string of the molecule is COc1ccc(/N=C2\COCC3=C2NCC(C(C)=O)N3)cc1. The van der Waals surface area contributed by atoms with Gasteiger partial charge in [-0.2, -0.15) is 0 Å². The lowest BCUT2D eigenvalue weighted by Crippen LogP contribution is -2.52. The van der Waals surface area contributed by atoms with Gasteiger partial charge in [0.25, 0.3) is 0 Å². The van der Waals surface area contributed by atoms with Crippen LogP contribution in [-0.4, -0.2) is 44.4 Å². The molecule has 0 saturated carbocycles. The molecular formula is C16H19N3O3. The minimum atomic E-state index is -0.206. The molecule has 0 fully saturated rings. The van der Waals surface area contributed by atoms with E-state index < -0.39 is 0 Å². The van der Waals surface area contributed by atoms with Crippen molar-refractivity contribution in [3.05, 3.63) is 35.7 Å². The first-order valence-electron chi connectivity index (χ1n) is 7.21. The molecule has 2 N–H and O–H groups in total. The Morgan fingerprint density at radius 3 is 2.77 bits per heavy atom. The van der Waals surface area contributed by atoms with Crippen molar-refractivity contribution in [1.29, 1.82) is 0 Å². The van der Waals surface area contributed by atoms with Gasteiger partial charge in [0.15, 0.2) is 5.78 Å². The molecule has 1 aromatic carbocycles. The Balaban J connectivity index is 1.85. The predicted molar refractivity (Wildman–Crippen MR) is 83.5 cm³/mol. The van der Waals surface area contributed by atoms with Gasteiger partial charge in [0, 0.05) is 6.54 Å². The summed E-state index contributed by atoms with van der Waals surface area (Å²) in [5.41, 5.74) is 3.51. The smallest absolute Gasteiger partial charge is 0.153 e. The molecule has 2 aliphatic rings. The Morgan fingerprint density at radius 2 is 2.09 bits per heavy atom. The van der Waals surface area contributed by atoms with E-state index >= 15 is 0 Å². The first-order chi connectivity index (χ1) is 10.7. The highest BCUT2D eigenvalue weighted by Crippen LogP contribution is 2.21. The van der Waals surface area contributed by atoms with Gasteiger partial charge in [-0.25, -0.2) is 4.99 Å². The average molecular weight is 301 g/mol. The van der Waals surface area contributed by atoms with E-state index in [1.54, 1.807) is 14.0 Å². The fourth-order valence-electron chi connectivity index (χ4n) is 2.50. The Hall–Kier alpha value is -2.34. The first kappa shape index (κ1) is 14.6. The third-order valence-electron chi connectivity index (χ3n) is 3.73. The van der Waals surface area contributed by atoms with Crippen LogP contribution < -0.4 is 15.4 Å². The highest BCUT2D eigenvalue weighted by molar-refractivity contribution is 6.03. The van der Waals surface area contributed by atoms with E-state index in [1.807, 2.05) is 24.3 Å². The molecule has 0 radical (unpaired) electrons. The maximum absolute atomic E-state index is 11.5. The van der Waals surface area contributed by atoms with Crippen LogP contribution in [0.4, 0.5) is 5.69 Å². The highest BCUT2D eigenvalue weighted by Gasteiger charge is 2.28. The summed E-state index contributed by atoms with van der Waals surface area (Å²) in [6.07, 6.45) is 0. The number of aliphatic imine (C=N–C) groups is 1. The lowest BCUT2D eigenvalue weighted by molar-refractivity contribution is -0.118. The fraction of sp³-hybridized carbons (Fsp3) is 0.375. The number of methoxy groups -OCH3 is 1. The number of rotatable bonds is 3. The van der Waals surface area contributed by atoms with Crippen LogP contribution in [0.5, 0.6) is 5.75 Å². The summed E-state index contributed by atoms with van der Waals surface area (Å²) in [4.78, 5) is 16.1. The van der Waals surface area contributed by atoms with Crippen LogP contribution in [0.1, 0.15) is 6.92 Å². The maximum atomic E-state index is 11.5. The fourth-order valence-corrected chi connectivity index (χ4v) is 2.50. The summed E-state index contributed by atoms with van der Waals surface area (Å²) < 4.78 is 10.7. The number of carbonyl (C=O) groups excluding carboxylic acids is 1. The van der Waals surface area contributed by atoms with E-state index in [0.717, 1.165) is 28.5 Å². The minimum Gasteiger partial charge on any atom is -0.497 e. The molecule has 1 unspecified atom stereocenters. The number of nitrogens with zero attached hydrogens (tertiary/aromatic N) is 1. The number of benzene rings is 1. The average Bonchev–Trinajstić information content (AvgIpc) is 2.55. The van der Waals surface area contributed by atoms with Crippen LogP contribution in [0.15, 0.2) is 40.7 Å². The van der Waals surface area contributed by atoms with Gasteiger partial charge in [-0.1, -0.05) is 0 Å². The van der Waals surface area contributed by atoms with Gasteiger partial charge in [0.2, 0.25) is 0 Å². The summed E-state index contributed by atoms with van der Waals surface area (Å²) in [7, 11) is 1.63. The Kier molecular flexibility index (Phi) is 4.11. The normalized spacial score (nSPS) is 22.6. The topological polar surface area (TPSA) is 72.0 Å². The number of hydrogen-bond acceptors (Lipinski definition) is 6. The molecule has 2 heterocycles. The quantitative estimate of drug-likeness (QED) is 0.876. The van der Waals surface area contributed by atoms with Gasteiger partial charge in [-0.05, 0) is 31.2 Å². The number of ether oxygens (including phenoxy) is 2. The number of Topliss-reactive ketones (excluding diaryl/α,β-unsaturated/α-hetero) is 1. The van der Waals surface area contributed by atoms with Crippen molar-refractivity contribution in [3.8, 4) is 5.75 Å². The molecule has 0 aromatic heterocycles. The molecule has 2 aliphatic heterocycles. The first-order valence-corrected chi connectivity index (χ1v) is 7.21. The van der Waals surface area contributed by atoms with Crippen LogP contribution >= 0.6 is 0 Å². The molecule has 22 heavy (non-hydrogen) atoms. The highest BCUT2D eigenvalue weighted by atomic mass is 16.5. The Labute approximate surface area is 129 Å². The number of hydrogen-bond donors (Lipinski definition) is 2. The van der Waals surface area contributed by atoms with Crippen LogP contribution in [0, 0.1) is 0 Å². The molecule has 6 heteroatoms. The van der Waals surface area contributed by atoms with Crippen LogP contribution in [0.25, 0.3) is 0 Å². The molecule has 3 rings (SSSR count). The van der Waals surface area contributed by atoms with E-state index in [2.05, 4.69) is 15.6 Å². The third-order valence-corrected chi connectivity index (χ3v) is 3.73. The molecule has 6 nitrogen and oxygen atoms in total. The van der Waals surface area contributed by atoms with Crippen molar-refractivity contribution in [2.45, 2.75) is 13.0 Å². The van der Waals surface area contributed by atoms with Crippen molar-refractivity contribution >= 4 is 17.2 Å². The number of carbonyl (C=O) groups is 1. The van der Waals surface area contributed by atoms with E-state index in [9.17, 15) is 4.79 Å². The minimum absolute atomic E-state index is 0.110. The molecular weight excluding hydrogens is 282 g/mol. The molecule has 1 atom stereocenters. The van der Waals surface area contributed by atoms with Crippen LogP contribution in [0.3, 0.4) is 0 Å². The Bertz CT molecular complexity index is 635. The standard InChI is InChI=1S/C16H19N3O3/c1-10(20)13-7-17-16-14(8-22-9-15(16)19-13)18-11-3-5-12(21-2)6-4-11/h3-6,13,17,19H,7-9H2,1-2H3/b18-14+. The van der Waals surface area contributed by atoms with Crippen molar-refractivity contribution in [2.75, 3.05) is 26.9 Å². The molecule has 0 spiro atoms. The van der Waals surface area contributed by atoms with Crippen molar-refractivity contribution in [3.63, 3.8) is 0 Å². The van der Waals surface area contributed by atoms with Gasteiger partial charge in [0.05, 0.1) is 43.1 Å². The van der Waals surface area contributed by atoms with Gasteiger partial charge < -0.3 is 20.1 Å². The molecule has 0 aliphatic carbocycles. The van der Waals surface area contributed by atoms with Crippen molar-refractivity contribution < 1.29 is 14.3 Å². The summed E-state index contributed by atoms with van der Waals surface area (Å²) >= 11 is 0. The molecule has 116 valence electrons. The van der Waals surface area contributed by atoms with E-state index in [0.29, 0.717) is 19.8 Å². The zero-order chi connectivity index (χ0) is 15.5. The van der Waals surface area contributed by atoms with Crippen LogP contribution in [0.2, 0.25) is 0 Å².